The molecular formula is C12H17N4O. The molecule has 0 saturated carbocycles. The molecule has 1 unspecified atom stereocenters. The Balaban J connectivity index is 2.00. The summed E-state index contributed by atoms with van der Waals surface area (Å²) in [7, 11) is 0. The van der Waals surface area contributed by atoms with Gasteiger partial charge in [-0.1, -0.05) is 6.92 Å². The highest BCUT2D eigenvalue weighted by Gasteiger charge is 2.22. The van der Waals surface area contributed by atoms with Crippen LogP contribution in [0.2, 0.25) is 0 Å². The third-order valence-corrected chi connectivity index (χ3v) is 2.62. The maximum atomic E-state index is 11.5. The average Bonchev–Trinajstić information content (AvgIpc) is 2.73. The average molecular weight is 233 g/mol. The van der Waals surface area contributed by atoms with Crippen LogP contribution >= 0.6 is 0 Å². The number of hydrogen-bond acceptors (Lipinski definition) is 4. The van der Waals surface area contributed by atoms with Gasteiger partial charge in [0.25, 0.3) is 0 Å². The lowest BCUT2D eigenvalue weighted by Crippen LogP contribution is -2.25. The summed E-state index contributed by atoms with van der Waals surface area (Å²) >= 11 is 0. The van der Waals surface area contributed by atoms with Crippen LogP contribution in [0.1, 0.15) is 19.8 Å². The maximum absolute atomic E-state index is 11.5. The smallest absolute Gasteiger partial charge is 0.228 e. The SMILES string of the molecule is [CH2]C(C)CNc1cnc(N2CCCC2=O)cn1. The molecule has 5 nitrogen and oxygen atoms in total. The van der Waals surface area contributed by atoms with Gasteiger partial charge in [-0.3, -0.25) is 9.69 Å². The second-order valence-electron chi connectivity index (χ2n) is 4.39. The Morgan fingerprint density at radius 3 is 2.88 bits per heavy atom. The largest absolute Gasteiger partial charge is 0.369 e. The molecule has 1 N–H and O–H groups in total. The second kappa shape index (κ2) is 5.12. The van der Waals surface area contributed by atoms with E-state index in [0.29, 0.717) is 18.2 Å². The first-order chi connectivity index (χ1) is 8.16. The van der Waals surface area contributed by atoms with E-state index in [2.05, 4.69) is 22.2 Å². The van der Waals surface area contributed by atoms with E-state index in [1.54, 1.807) is 17.3 Å². The van der Waals surface area contributed by atoms with Crippen LogP contribution in [0.5, 0.6) is 0 Å². The maximum Gasteiger partial charge on any atom is 0.228 e. The normalized spacial score (nSPS) is 15.7. The lowest BCUT2D eigenvalue weighted by Gasteiger charge is -2.14. The fourth-order valence-electron chi connectivity index (χ4n) is 1.72. The van der Waals surface area contributed by atoms with Gasteiger partial charge in [-0.05, 0) is 19.3 Å². The number of carbonyl (C=O) groups excluding carboxylic acids is 1. The quantitative estimate of drug-likeness (QED) is 0.856. The summed E-state index contributed by atoms with van der Waals surface area (Å²) in [6.07, 6.45) is 4.81. The van der Waals surface area contributed by atoms with Crippen LogP contribution < -0.4 is 10.2 Å². The molecule has 1 saturated heterocycles. The van der Waals surface area contributed by atoms with E-state index in [-0.39, 0.29) is 5.91 Å². The van der Waals surface area contributed by atoms with Crippen molar-refractivity contribution in [1.82, 2.24) is 9.97 Å². The van der Waals surface area contributed by atoms with Crippen molar-refractivity contribution in [3.05, 3.63) is 19.3 Å². The van der Waals surface area contributed by atoms with Crippen LogP contribution in [0.25, 0.3) is 0 Å². The summed E-state index contributed by atoms with van der Waals surface area (Å²) in [6, 6.07) is 0. The number of anilines is 2. The predicted octanol–water partition coefficient (Wildman–Crippen LogP) is 1.49. The molecule has 1 atom stereocenters. The van der Waals surface area contributed by atoms with Gasteiger partial charge in [-0.15, -0.1) is 0 Å². The van der Waals surface area contributed by atoms with Crippen LogP contribution in [-0.2, 0) is 4.79 Å². The van der Waals surface area contributed by atoms with Gasteiger partial charge in [0.15, 0.2) is 5.82 Å². The molecule has 1 fully saturated rings. The molecule has 1 amide bonds. The van der Waals surface area contributed by atoms with Crippen molar-refractivity contribution in [3.8, 4) is 0 Å². The highest BCUT2D eigenvalue weighted by Crippen LogP contribution is 2.18. The minimum atomic E-state index is 0.131. The van der Waals surface area contributed by atoms with Gasteiger partial charge in [-0.25, -0.2) is 9.97 Å². The first-order valence-electron chi connectivity index (χ1n) is 5.86. The zero-order chi connectivity index (χ0) is 12.3. The van der Waals surface area contributed by atoms with Crippen LogP contribution in [0.15, 0.2) is 12.4 Å². The fourth-order valence-corrected chi connectivity index (χ4v) is 1.72. The Hall–Kier alpha value is -1.65. The van der Waals surface area contributed by atoms with E-state index in [1.165, 1.54) is 0 Å². The molecule has 1 aromatic heterocycles. The van der Waals surface area contributed by atoms with Gasteiger partial charge in [0.1, 0.15) is 5.82 Å². The molecule has 1 aliphatic rings. The van der Waals surface area contributed by atoms with Crippen molar-refractivity contribution in [2.75, 3.05) is 23.3 Å². The number of rotatable bonds is 4. The predicted molar refractivity (Wildman–Crippen MR) is 66.6 cm³/mol. The van der Waals surface area contributed by atoms with Crippen LogP contribution in [0, 0.1) is 12.8 Å². The Morgan fingerprint density at radius 1 is 1.53 bits per heavy atom. The number of aromatic nitrogens is 2. The Kier molecular flexibility index (Phi) is 3.56. The number of amides is 1. The summed E-state index contributed by atoms with van der Waals surface area (Å²) in [6.45, 7) is 7.41. The van der Waals surface area contributed by atoms with Crippen molar-refractivity contribution >= 4 is 17.5 Å². The number of carbonyl (C=O) groups is 1. The summed E-state index contributed by atoms with van der Waals surface area (Å²) in [4.78, 5) is 21.7. The Morgan fingerprint density at radius 2 is 2.35 bits per heavy atom. The minimum absolute atomic E-state index is 0.131. The third kappa shape index (κ3) is 2.93. The Bertz CT molecular complexity index is 388. The summed E-state index contributed by atoms with van der Waals surface area (Å²) in [5.41, 5.74) is 0. The van der Waals surface area contributed by atoms with E-state index in [4.69, 9.17) is 0 Å². The third-order valence-electron chi connectivity index (χ3n) is 2.62. The standard InChI is InChI=1S/C12H17N4O/c1-9(2)6-13-10-7-15-11(8-14-10)16-5-3-4-12(16)17/h7-9H,1,3-6H2,2H3,(H,13,14). The zero-order valence-electron chi connectivity index (χ0n) is 10.0. The molecule has 0 aromatic carbocycles. The van der Waals surface area contributed by atoms with Gasteiger partial charge in [-0.2, -0.15) is 0 Å². The Labute approximate surface area is 101 Å². The first kappa shape index (κ1) is 11.8. The molecule has 0 spiro atoms. The lowest BCUT2D eigenvalue weighted by molar-refractivity contribution is -0.117. The fraction of sp³-hybridized carbons (Fsp3) is 0.500. The van der Waals surface area contributed by atoms with Crippen molar-refractivity contribution in [3.63, 3.8) is 0 Å². The molecule has 1 aliphatic heterocycles. The second-order valence-corrected chi connectivity index (χ2v) is 4.39. The first-order valence-corrected chi connectivity index (χ1v) is 5.86. The molecular weight excluding hydrogens is 216 g/mol. The van der Waals surface area contributed by atoms with Gasteiger partial charge in [0, 0.05) is 19.5 Å². The van der Waals surface area contributed by atoms with Crippen molar-refractivity contribution in [2.24, 2.45) is 5.92 Å². The molecule has 2 heterocycles. The van der Waals surface area contributed by atoms with E-state index in [1.807, 2.05) is 6.92 Å². The minimum Gasteiger partial charge on any atom is -0.369 e. The molecule has 1 radical (unpaired) electrons. The van der Waals surface area contributed by atoms with Crippen molar-refractivity contribution in [1.29, 1.82) is 0 Å². The van der Waals surface area contributed by atoms with Crippen LogP contribution in [0.4, 0.5) is 11.6 Å². The molecule has 2 rings (SSSR count). The van der Waals surface area contributed by atoms with E-state index < -0.39 is 0 Å². The van der Waals surface area contributed by atoms with Gasteiger partial charge in [0.05, 0.1) is 12.4 Å². The zero-order valence-corrected chi connectivity index (χ0v) is 10.0. The monoisotopic (exact) mass is 233 g/mol. The molecule has 0 aliphatic carbocycles. The highest BCUT2D eigenvalue weighted by atomic mass is 16.2. The topological polar surface area (TPSA) is 58.1 Å². The molecule has 1 aromatic rings. The van der Waals surface area contributed by atoms with E-state index in [0.717, 1.165) is 25.3 Å². The van der Waals surface area contributed by atoms with Crippen LogP contribution in [0.3, 0.4) is 0 Å². The lowest BCUT2D eigenvalue weighted by atomic mass is 10.2. The van der Waals surface area contributed by atoms with Crippen molar-refractivity contribution < 1.29 is 4.79 Å². The molecule has 5 heteroatoms. The summed E-state index contributed by atoms with van der Waals surface area (Å²) in [5.74, 6) is 1.81. The van der Waals surface area contributed by atoms with Gasteiger partial charge in [0.2, 0.25) is 5.91 Å². The van der Waals surface area contributed by atoms with E-state index >= 15 is 0 Å². The van der Waals surface area contributed by atoms with Crippen molar-refractivity contribution in [2.45, 2.75) is 19.8 Å². The van der Waals surface area contributed by atoms with Crippen LogP contribution in [-0.4, -0.2) is 29.0 Å². The number of nitrogens with zero attached hydrogens (tertiary/aromatic N) is 3. The summed E-state index contributed by atoms with van der Waals surface area (Å²) in [5, 5.41) is 3.13. The summed E-state index contributed by atoms with van der Waals surface area (Å²) < 4.78 is 0. The molecule has 91 valence electrons. The molecule has 0 bridgehead atoms. The van der Waals surface area contributed by atoms with Gasteiger partial charge < -0.3 is 5.32 Å². The number of nitrogens with one attached hydrogen (secondary N) is 1. The molecule has 17 heavy (non-hydrogen) atoms. The van der Waals surface area contributed by atoms with Gasteiger partial charge >= 0.3 is 0 Å². The van der Waals surface area contributed by atoms with E-state index in [9.17, 15) is 4.79 Å². The number of hydrogen-bond donors (Lipinski definition) is 1. The highest BCUT2D eigenvalue weighted by molar-refractivity contribution is 5.94.